The fourth-order valence-electron chi connectivity index (χ4n) is 2.92. The largest absolute Gasteiger partial charge is 0.388 e. The number of rotatable bonds is 4. The average Bonchev–Trinajstić information content (AvgIpc) is 2.93. The van der Waals surface area contributed by atoms with Gasteiger partial charge in [-0.2, -0.15) is 0 Å². The number of aryl methyl sites for hydroxylation is 1. The van der Waals surface area contributed by atoms with Crippen molar-refractivity contribution in [3.63, 3.8) is 0 Å². The second kappa shape index (κ2) is 6.70. The predicted octanol–water partition coefficient (Wildman–Crippen LogP) is 1.30. The number of nitrogens with zero attached hydrogens (tertiary/aromatic N) is 4. The Kier molecular flexibility index (Phi) is 5.09. The van der Waals surface area contributed by atoms with Crippen LogP contribution in [0.25, 0.3) is 0 Å². The molecule has 1 aromatic heterocycles. The molecule has 2 rings (SSSR count). The molecule has 7 nitrogen and oxygen atoms in total. The van der Waals surface area contributed by atoms with Crippen LogP contribution >= 0.6 is 0 Å². The summed E-state index contributed by atoms with van der Waals surface area (Å²) in [7, 11) is 3.77. The van der Waals surface area contributed by atoms with Crippen molar-refractivity contribution >= 4 is 12.0 Å². The van der Waals surface area contributed by atoms with Crippen molar-refractivity contribution in [2.24, 2.45) is 0 Å². The van der Waals surface area contributed by atoms with E-state index < -0.39 is 5.60 Å². The molecule has 1 aliphatic rings. The van der Waals surface area contributed by atoms with Crippen LogP contribution in [0, 0.1) is 6.92 Å². The first-order chi connectivity index (χ1) is 10.7. The number of carbonyl (C=O) groups excluding carboxylic acids is 1. The zero-order chi connectivity index (χ0) is 17.2. The van der Waals surface area contributed by atoms with Crippen LogP contribution in [0.15, 0.2) is 6.07 Å². The Bertz CT molecular complexity index is 568. The number of hydrogen-bond donors (Lipinski definition) is 2. The molecule has 0 aliphatic carbocycles. The molecule has 1 saturated heterocycles. The van der Waals surface area contributed by atoms with E-state index >= 15 is 0 Å². The number of nitrogens with one attached hydrogen (secondary N) is 1. The summed E-state index contributed by atoms with van der Waals surface area (Å²) in [5.74, 6) is 0.629. The van der Waals surface area contributed by atoms with Crippen molar-refractivity contribution in [2.75, 3.05) is 25.5 Å². The van der Waals surface area contributed by atoms with Gasteiger partial charge in [-0.3, -0.25) is 0 Å². The van der Waals surface area contributed by atoms with Crippen molar-refractivity contribution in [2.45, 2.75) is 51.8 Å². The quantitative estimate of drug-likeness (QED) is 0.873. The van der Waals surface area contributed by atoms with Gasteiger partial charge in [-0.05, 0) is 39.7 Å². The first-order valence-electron chi connectivity index (χ1n) is 7.97. The minimum absolute atomic E-state index is 0.146. The normalized spacial score (nSPS) is 18.2. The first kappa shape index (κ1) is 17.5. The van der Waals surface area contributed by atoms with Crippen LogP contribution in [0.2, 0.25) is 0 Å². The highest BCUT2D eigenvalue weighted by atomic mass is 16.3. The van der Waals surface area contributed by atoms with Gasteiger partial charge in [0.1, 0.15) is 0 Å². The van der Waals surface area contributed by atoms with E-state index in [-0.39, 0.29) is 12.1 Å². The maximum atomic E-state index is 12.4. The Morgan fingerprint density at radius 3 is 2.78 bits per heavy atom. The summed E-state index contributed by atoms with van der Waals surface area (Å²) in [4.78, 5) is 24.8. The van der Waals surface area contributed by atoms with E-state index in [1.54, 1.807) is 18.7 Å². The summed E-state index contributed by atoms with van der Waals surface area (Å²) in [6, 6.07) is 1.56. The Balaban J connectivity index is 2.02. The van der Waals surface area contributed by atoms with E-state index in [1.807, 2.05) is 32.0 Å². The molecule has 0 spiro atoms. The molecular weight excluding hydrogens is 294 g/mol. The topological polar surface area (TPSA) is 81.6 Å². The molecule has 1 aliphatic heterocycles. The van der Waals surface area contributed by atoms with Crippen LogP contribution in [-0.4, -0.2) is 58.3 Å². The molecule has 0 radical (unpaired) electrons. The van der Waals surface area contributed by atoms with Crippen LogP contribution in [0.3, 0.4) is 0 Å². The molecule has 128 valence electrons. The van der Waals surface area contributed by atoms with Gasteiger partial charge >= 0.3 is 6.03 Å². The van der Waals surface area contributed by atoms with E-state index in [2.05, 4.69) is 15.3 Å². The molecular formula is C16H27N5O2. The average molecular weight is 321 g/mol. The second-order valence-corrected chi connectivity index (χ2v) is 6.86. The fraction of sp³-hybridized carbons (Fsp3) is 0.688. The van der Waals surface area contributed by atoms with Gasteiger partial charge in [-0.15, -0.1) is 0 Å². The third kappa shape index (κ3) is 4.31. The zero-order valence-electron chi connectivity index (χ0n) is 14.6. The van der Waals surface area contributed by atoms with Crippen molar-refractivity contribution in [3.05, 3.63) is 17.5 Å². The third-order valence-corrected chi connectivity index (χ3v) is 4.05. The number of carbonyl (C=O) groups is 1. The molecule has 0 aromatic carbocycles. The van der Waals surface area contributed by atoms with Gasteiger partial charge in [-0.25, -0.2) is 14.8 Å². The van der Waals surface area contributed by atoms with Gasteiger partial charge < -0.3 is 20.2 Å². The lowest BCUT2D eigenvalue weighted by Gasteiger charge is -2.33. The molecule has 7 heteroatoms. The van der Waals surface area contributed by atoms with Gasteiger partial charge in [-0.1, -0.05) is 0 Å². The molecule has 1 atom stereocenters. The number of aliphatic hydroxyl groups is 1. The van der Waals surface area contributed by atoms with Gasteiger partial charge in [0, 0.05) is 26.3 Å². The van der Waals surface area contributed by atoms with E-state index in [9.17, 15) is 9.90 Å². The smallest absolute Gasteiger partial charge is 0.318 e. The van der Waals surface area contributed by atoms with E-state index in [0.717, 1.165) is 24.2 Å². The number of anilines is 1. The van der Waals surface area contributed by atoms with Crippen molar-refractivity contribution in [1.82, 2.24) is 20.2 Å². The Morgan fingerprint density at radius 1 is 1.48 bits per heavy atom. The van der Waals surface area contributed by atoms with E-state index in [0.29, 0.717) is 19.0 Å². The Morgan fingerprint density at radius 2 is 2.17 bits per heavy atom. The number of urea groups is 1. The van der Waals surface area contributed by atoms with Crippen LogP contribution in [0.5, 0.6) is 0 Å². The van der Waals surface area contributed by atoms with Crippen LogP contribution in [-0.2, 0) is 6.54 Å². The monoisotopic (exact) mass is 321 g/mol. The summed E-state index contributed by atoms with van der Waals surface area (Å²) in [6.07, 6.45) is 1.74. The summed E-state index contributed by atoms with van der Waals surface area (Å²) in [5.41, 5.74) is 0.745. The Labute approximate surface area is 137 Å². The highest BCUT2D eigenvalue weighted by molar-refractivity contribution is 5.75. The molecule has 2 amide bonds. The lowest BCUT2D eigenvalue weighted by molar-refractivity contribution is 0.00978. The van der Waals surface area contributed by atoms with Gasteiger partial charge in [0.2, 0.25) is 5.95 Å². The van der Waals surface area contributed by atoms with E-state index in [1.165, 1.54) is 0 Å². The first-order valence-corrected chi connectivity index (χ1v) is 7.97. The van der Waals surface area contributed by atoms with Gasteiger partial charge in [0.05, 0.1) is 23.9 Å². The Hall–Kier alpha value is -1.89. The highest BCUT2D eigenvalue weighted by Gasteiger charge is 2.38. The lowest BCUT2D eigenvalue weighted by Crippen LogP contribution is -2.51. The maximum Gasteiger partial charge on any atom is 0.318 e. The number of aromatic nitrogens is 2. The molecule has 1 fully saturated rings. The predicted molar refractivity (Wildman–Crippen MR) is 89.4 cm³/mol. The minimum Gasteiger partial charge on any atom is -0.388 e. The summed E-state index contributed by atoms with van der Waals surface area (Å²) < 4.78 is 0. The molecule has 0 saturated carbocycles. The van der Waals surface area contributed by atoms with Crippen molar-refractivity contribution in [1.29, 1.82) is 0 Å². The summed E-state index contributed by atoms with van der Waals surface area (Å²) >= 11 is 0. The molecule has 1 aromatic rings. The summed E-state index contributed by atoms with van der Waals surface area (Å²) in [5, 5.41) is 13.1. The zero-order valence-corrected chi connectivity index (χ0v) is 14.6. The van der Waals surface area contributed by atoms with Crippen molar-refractivity contribution < 1.29 is 9.90 Å². The van der Waals surface area contributed by atoms with Gasteiger partial charge in [0.25, 0.3) is 0 Å². The van der Waals surface area contributed by atoms with Crippen LogP contribution in [0.1, 0.15) is 38.1 Å². The standard InChI is InChI=1S/C16H27N5O2/c1-11-9-12(19-14(18-11)20(4)5)10-17-15(22)21-8-6-7-13(21)16(2,3)23/h9,13,23H,6-8,10H2,1-5H3,(H,17,22). The van der Waals surface area contributed by atoms with Gasteiger partial charge in [0.15, 0.2) is 0 Å². The summed E-state index contributed by atoms with van der Waals surface area (Å²) in [6.45, 7) is 6.43. The third-order valence-electron chi connectivity index (χ3n) is 4.05. The molecule has 1 unspecified atom stereocenters. The SMILES string of the molecule is Cc1cc(CNC(=O)N2CCCC2C(C)(C)O)nc(N(C)C)n1. The fourth-order valence-corrected chi connectivity index (χ4v) is 2.92. The van der Waals surface area contributed by atoms with Crippen LogP contribution in [0.4, 0.5) is 10.7 Å². The second-order valence-electron chi connectivity index (χ2n) is 6.86. The molecule has 0 bridgehead atoms. The molecule has 2 heterocycles. The minimum atomic E-state index is -0.891. The maximum absolute atomic E-state index is 12.4. The molecule has 23 heavy (non-hydrogen) atoms. The number of likely N-dealkylation sites (tertiary alicyclic amines) is 1. The number of hydrogen-bond acceptors (Lipinski definition) is 5. The number of amides is 2. The molecule has 2 N–H and O–H groups in total. The lowest BCUT2D eigenvalue weighted by atomic mass is 9.97. The highest BCUT2D eigenvalue weighted by Crippen LogP contribution is 2.26. The van der Waals surface area contributed by atoms with E-state index in [4.69, 9.17) is 0 Å². The van der Waals surface area contributed by atoms with Crippen LogP contribution < -0.4 is 10.2 Å². The van der Waals surface area contributed by atoms with Crippen molar-refractivity contribution in [3.8, 4) is 0 Å².